The van der Waals surface area contributed by atoms with E-state index in [4.69, 9.17) is 9.52 Å². The molecule has 15 heavy (non-hydrogen) atoms. The van der Waals surface area contributed by atoms with Gasteiger partial charge in [0.05, 0.1) is 0 Å². The predicted molar refractivity (Wildman–Crippen MR) is 61.0 cm³/mol. The number of hydrogen-bond acceptors (Lipinski definition) is 3. The van der Waals surface area contributed by atoms with E-state index in [1.165, 1.54) is 0 Å². The fraction of sp³-hybridized carbons (Fsp3) is 0.667. The quantitative estimate of drug-likeness (QED) is 0.706. The van der Waals surface area contributed by atoms with Gasteiger partial charge in [0, 0.05) is 18.6 Å². The molecule has 0 amide bonds. The third-order valence-corrected chi connectivity index (χ3v) is 2.49. The van der Waals surface area contributed by atoms with Gasteiger partial charge in [-0.25, -0.2) is 0 Å². The number of aliphatic hydroxyl groups is 1. The lowest BCUT2D eigenvalue weighted by Gasteiger charge is -2.22. The molecule has 0 spiro atoms. The third kappa shape index (κ3) is 3.68. The number of rotatable bonds is 6. The van der Waals surface area contributed by atoms with Gasteiger partial charge >= 0.3 is 0 Å². The van der Waals surface area contributed by atoms with E-state index in [9.17, 15) is 0 Å². The van der Waals surface area contributed by atoms with Gasteiger partial charge in [0.1, 0.15) is 11.5 Å². The minimum atomic E-state index is 0.00369. The summed E-state index contributed by atoms with van der Waals surface area (Å²) < 4.78 is 5.62. The van der Waals surface area contributed by atoms with Crippen LogP contribution in [0, 0.1) is 6.92 Å². The van der Waals surface area contributed by atoms with E-state index in [-0.39, 0.29) is 12.0 Å². The fourth-order valence-corrected chi connectivity index (χ4v) is 1.49. The molecule has 1 rings (SSSR count). The summed E-state index contributed by atoms with van der Waals surface area (Å²) in [6.45, 7) is 8.21. The van der Waals surface area contributed by atoms with Gasteiger partial charge in [-0.3, -0.25) is 0 Å². The van der Waals surface area contributed by atoms with Gasteiger partial charge < -0.3 is 14.8 Å². The average Bonchev–Trinajstić information content (AvgIpc) is 2.60. The van der Waals surface area contributed by atoms with Gasteiger partial charge in [-0.1, -0.05) is 13.8 Å². The Hall–Kier alpha value is -0.800. The zero-order chi connectivity index (χ0) is 11.3. The first-order chi connectivity index (χ1) is 7.06. The normalized spacial score (nSPS) is 12.0. The summed E-state index contributed by atoms with van der Waals surface area (Å²) in [5.74, 6) is 1.96. The van der Waals surface area contributed by atoms with Gasteiger partial charge in [-0.05, 0) is 32.0 Å². The Morgan fingerprint density at radius 1 is 1.40 bits per heavy atom. The Kier molecular flexibility index (Phi) is 4.36. The standard InChI is InChI=1S/C12H21NO2/c1-10-5-6-11(15-10)12(2,3)9-13-7-4-8-14/h5-6,13-14H,4,7-9H2,1-3H3. The first-order valence-electron chi connectivity index (χ1n) is 5.45. The molecule has 0 aliphatic heterocycles. The van der Waals surface area contributed by atoms with Crippen molar-refractivity contribution >= 4 is 0 Å². The van der Waals surface area contributed by atoms with Crippen LogP contribution in [0.25, 0.3) is 0 Å². The van der Waals surface area contributed by atoms with Gasteiger partial charge in [0.25, 0.3) is 0 Å². The lowest BCUT2D eigenvalue weighted by Crippen LogP contribution is -2.33. The van der Waals surface area contributed by atoms with Crippen LogP contribution in [-0.4, -0.2) is 24.8 Å². The molecule has 1 aromatic rings. The molecule has 0 saturated heterocycles. The second kappa shape index (κ2) is 5.33. The smallest absolute Gasteiger partial charge is 0.111 e. The summed E-state index contributed by atoms with van der Waals surface area (Å²) in [6, 6.07) is 4.02. The van der Waals surface area contributed by atoms with Crippen LogP contribution in [0.5, 0.6) is 0 Å². The molecular formula is C12H21NO2. The van der Waals surface area contributed by atoms with Crippen molar-refractivity contribution in [2.45, 2.75) is 32.6 Å². The maximum absolute atomic E-state index is 8.66. The Labute approximate surface area is 91.5 Å². The van der Waals surface area contributed by atoms with Crippen molar-refractivity contribution in [2.75, 3.05) is 19.7 Å². The second-order valence-corrected chi connectivity index (χ2v) is 4.55. The van der Waals surface area contributed by atoms with E-state index in [2.05, 4.69) is 19.2 Å². The maximum atomic E-state index is 8.66. The number of aryl methyl sites for hydroxylation is 1. The first-order valence-corrected chi connectivity index (χ1v) is 5.45. The Morgan fingerprint density at radius 3 is 2.67 bits per heavy atom. The number of hydrogen-bond donors (Lipinski definition) is 2. The molecule has 86 valence electrons. The van der Waals surface area contributed by atoms with Crippen LogP contribution in [0.1, 0.15) is 31.8 Å². The minimum absolute atomic E-state index is 0.00369. The molecule has 0 bridgehead atoms. The van der Waals surface area contributed by atoms with Gasteiger partial charge in [0.15, 0.2) is 0 Å². The highest BCUT2D eigenvalue weighted by Gasteiger charge is 2.23. The lowest BCUT2D eigenvalue weighted by molar-refractivity contribution is 0.281. The molecular weight excluding hydrogens is 190 g/mol. The van der Waals surface area contributed by atoms with Gasteiger partial charge in [-0.15, -0.1) is 0 Å². The van der Waals surface area contributed by atoms with Crippen molar-refractivity contribution in [2.24, 2.45) is 0 Å². The molecule has 0 atom stereocenters. The van der Waals surface area contributed by atoms with E-state index >= 15 is 0 Å². The number of aliphatic hydroxyl groups excluding tert-OH is 1. The van der Waals surface area contributed by atoms with Crippen molar-refractivity contribution in [1.29, 1.82) is 0 Å². The van der Waals surface area contributed by atoms with Crippen molar-refractivity contribution in [3.05, 3.63) is 23.7 Å². The van der Waals surface area contributed by atoms with E-state index in [0.717, 1.165) is 31.0 Å². The van der Waals surface area contributed by atoms with Crippen LogP contribution in [-0.2, 0) is 5.41 Å². The third-order valence-electron chi connectivity index (χ3n) is 2.49. The first kappa shape index (κ1) is 12.3. The highest BCUT2D eigenvalue weighted by Crippen LogP contribution is 2.24. The molecule has 0 saturated carbocycles. The van der Waals surface area contributed by atoms with E-state index in [1.54, 1.807) is 0 Å². The molecule has 0 aliphatic rings. The number of nitrogens with one attached hydrogen (secondary N) is 1. The largest absolute Gasteiger partial charge is 0.466 e. The number of furan rings is 1. The van der Waals surface area contributed by atoms with Crippen LogP contribution in [0.3, 0.4) is 0 Å². The summed E-state index contributed by atoms with van der Waals surface area (Å²) in [7, 11) is 0. The van der Waals surface area contributed by atoms with Crippen molar-refractivity contribution in [1.82, 2.24) is 5.32 Å². The maximum Gasteiger partial charge on any atom is 0.111 e. The molecule has 1 aromatic heterocycles. The van der Waals surface area contributed by atoms with Gasteiger partial charge in [-0.2, -0.15) is 0 Å². The van der Waals surface area contributed by atoms with E-state index < -0.39 is 0 Å². The van der Waals surface area contributed by atoms with Gasteiger partial charge in [0.2, 0.25) is 0 Å². The average molecular weight is 211 g/mol. The Morgan fingerprint density at radius 2 is 2.13 bits per heavy atom. The summed E-state index contributed by atoms with van der Waals surface area (Å²) >= 11 is 0. The molecule has 0 aromatic carbocycles. The molecule has 3 heteroatoms. The van der Waals surface area contributed by atoms with Crippen LogP contribution >= 0.6 is 0 Å². The van der Waals surface area contributed by atoms with Crippen LogP contribution in [0.2, 0.25) is 0 Å². The zero-order valence-corrected chi connectivity index (χ0v) is 9.84. The van der Waals surface area contributed by atoms with Crippen LogP contribution in [0.15, 0.2) is 16.5 Å². The highest BCUT2D eigenvalue weighted by atomic mass is 16.3. The Balaban J connectivity index is 2.44. The summed E-state index contributed by atoms with van der Waals surface area (Å²) in [4.78, 5) is 0. The minimum Gasteiger partial charge on any atom is -0.466 e. The van der Waals surface area contributed by atoms with Crippen LogP contribution in [0.4, 0.5) is 0 Å². The topological polar surface area (TPSA) is 45.4 Å². The molecule has 2 N–H and O–H groups in total. The van der Waals surface area contributed by atoms with Crippen LogP contribution < -0.4 is 5.32 Å². The fourth-order valence-electron chi connectivity index (χ4n) is 1.49. The molecule has 0 aliphatic carbocycles. The summed E-state index contributed by atoms with van der Waals surface area (Å²) in [5, 5.41) is 12.0. The summed E-state index contributed by atoms with van der Waals surface area (Å²) in [6.07, 6.45) is 0.799. The predicted octanol–water partition coefficient (Wildman–Crippen LogP) is 1.84. The molecule has 0 unspecified atom stereocenters. The van der Waals surface area contributed by atoms with E-state index in [1.807, 2.05) is 19.1 Å². The van der Waals surface area contributed by atoms with Crippen molar-refractivity contribution < 1.29 is 9.52 Å². The van der Waals surface area contributed by atoms with Crippen molar-refractivity contribution in [3.8, 4) is 0 Å². The van der Waals surface area contributed by atoms with E-state index in [0.29, 0.717) is 0 Å². The molecule has 3 nitrogen and oxygen atoms in total. The molecule has 1 heterocycles. The molecule has 0 radical (unpaired) electrons. The summed E-state index contributed by atoms with van der Waals surface area (Å²) in [5.41, 5.74) is 0.00369. The van der Waals surface area contributed by atoms with Crippen molar-refractivity contribution in [3.63, 3.8) is 0 Å². The highest BCUT2D eigenvalue weighted by molar-refractivity contribution is 5.15. The SMILES string of the molecule is Cc1ccc(C(C)(C)CNCCCO)o1. The Bertz CT molecular complexity index is 292. The molecule has 0 fully saturated rings. The lowest BCUT2D eigenvalue weighted by atomic mass is 9.90. The zero-order valence-electron chi connectivity index (χ0n) is 9.84. The second-order valence-electron chi connectivity index (χ2n) is 4.55. The monoisotopic (exact) mass is 211 g/mol.